The minimum atomic E-state index is -0.558. The zero-order valence-corrected chi connectivity index (χ0v) is 10.2. The molecule has 3 N–H and O–H groups in total. The van der Waals surface area contributed by atoms with Gasteiger partial charge in [0.1, 0.15) is 13.2 Å². The molecule has 1 aliphatic rings. The van der Waals surface area contributed by atoms with Gasteiger partial charge >= 0.3 is 0 Å². The number of hydrogen-bond acceptors (Lipinski definition) is 4. The largest absolute Gasteiger partial charge is 0.486 e. The van der Waals surface area contributed by atoms with Gasteiger partial charge in [-0.2, -0.15) is 0 Å². The first-order valence-electron chi connectivity index (χ1n) is 5.93. The van der Waals surface area contributed by atoms with Gasteiger partial charge in [0.15, 0.2) is 11.5 Å². The molecule has 0 amide bonds. The van der Waals surface area contributed by atoms with Crippen LogP contribution in [0.2, 0.25) is 0 Å². The molecule has 17 heavy (non-hydrogen) atoms. The molecule has 1 aromatic carbocycles. The van der Waals surface area contributed by atoms with Gasteiger partial charge in [-0.3, -0.25) is 0 Å². The lowest BCUT2D eigenvalue weighted by Gasteiger charge is -2.24. The number of benzene rings is 1. The van der Waals surface area contributed by atoms with Gasteiger partial charge < -0.3 is 20.3 Å². The Hall–Kier alpha value is -1.26. The molecule has 0 unspecified atom stereocenters. The van der Waals surface area contributed by atoms with Crippen LogP contribution in [0.1, 0.15) is 25.5 Å². The van der Waals surface area contributed by atoms with E-state index in [0.717, 1.165) is 11.3 Å². The average molecular weight is 237 g/mol. The first-order chi connectivity index (χ1) is 8.09. The Morgan fingerprint density at radius 2 is 1.82 bits per heavy atom. The third kappa shape index (κ3) is 2.53. The number of fused-ring (bicyclic) bond motifs is 1. The number of nitrogens with two attached hydrogens (primary N) is 1. The Morgan fingerprint density at radius 3 is 2.47 bits per heavy atom. The van der Waals surface area contributed by atoms with Crippen LogP contribution in [-0.4, -0.2) is 24.4 Å². The van der Waals surface area contributed by atoms with Crippen LogP contribution in [0.25, 0.3) is 0 Å². The maximum atomic E-state index is 9.96. The number of aliphatic hydroxyl groups is 1. The van der Waals surface area contributed by atoms with Crippen LogP contribution in [0.15, 0.2) is 18.2 Å². The number of rotatable bonds is 3. The second kappa shape index (κ2) is 4.94. The van der Waals surface area contributed by atoms with Gasteiger partial charge in [0, 0.05) is 0 Å². The van der Waals surface area contributed by atoms with Gasteiger partial charge in [-0.05, 0) is 23.6 Å². The van der Waals surface area contributed by atoms with Gasteiger partial charge in [0.25, 0.3) is 0 Å². The molecule has 4 nitrogen and oxygen atoms in total. The van der Waals surface area contributed by atoms with Crippen molar-refractivity contribution in [1.82, 2.24) is 0 Å². The van der Waals surface area contributed by atoms with E-state index in [1.807, 2.05) is 32.0 Å². The number of hydrogen-bond donors (Lipinski definition) is 2. The standard InChI is InChI=1S/C13H19NO3/c1-8(2)13(15)12(14)9-3-4-10-11(7-9)17-6-5-16-10/h3-4,7-8,12-13,15H,5-6,14H2,1-2H3/t12-,13+/m1/s1. The fourth-order valence-electron chi connectivity index (χ4n) is 1.88. The van der Waals surface area contributed by atoms with E-state index < -0.39 is 12.1 Å². The summed E-state index contributed by atoms with van der Waals surface area (Å²) in [6.45, 7) is 5.02. The lowest BCUT2D eigenvalue weighted by Crippen LogP contribution is -2.30. The highest BCUT2D eigenvalue weighted by Crippen LogP contribution is 2.33. The zero-order chi connectivity index (χ0) is 12.4. The van der Waals surface area contributed by atoms with Crippen molar-refractivity contribution in [3.8, 4) is 11.5 Å². The SMILES string of the molecule is CC(C)[C@H](O)[C@H](N)c1ccc2c(c1)OCCO2. The van der Waals surface area contributed by atoms with E-state index in [1.165, 1.54) is 0 Å². The van der Waals surface area contributed by atoms with E-state index >= 15 is 0 Å². The molecule has 0 aliphatic carbocycles. The van der Waals surface area contributed by atoms with Gasteiger partial charge in [-0.1, -0.05) is 19.9 Å². The Labute approximate surface area is 101 Å². The van der Waals surface area contributed by atoms with Crippen LogP contribution in [0.5, 0.6) is 11.5 Å². The van der Waals surface area contributed by atoms with Crippen LogP contribution >= 0.6 is 0 Å². The summed E-state index contributed by atoms with van der Waals surface area (Å²) < 4.78 is 10.9. The summed E-state index contributed by atoms with van der Waals surface area (Å²) in [5, 5.41) is 9.96. The van der Waals surface area contributed by atoms with E-state index in [0.29, 0.717) is 19.0 Å². The minimum absolute atomic E-state index is 0.123. The maximum absolute atomic E-state index is 9.96. The molecular weight excluding hydrogens is 218 g/mol. The summed E-state index contributed by atoms with van der Waals surface area (Å²) in [5.41, 5.74) is 6.90. The van der Waals surface area contributed by atoms with Crippen LogP contribution < -0.4 is 15.2 Å². The Balaban J connectivity index is 2.21. The molecule has 0 saturated carbocycles. The highest BCUT2D eigenvalue weighted by atomic mass is 16.6. The van der Waals surface area contributed by atoms with Crippen molar-refractivity contribution in [2.24, 2.45) is 11.7 Å². The summed E-state index contributed by atoms with van der Waals surface area (Å²) in [6.07, 6.45) is -0.558. The van der Waals surface area contributed by atoms with Gasteiger partial charge in [0.05, 0.1) is 12.1 Å². The minimum Gasteiger partial charge on any atom is -0.486 e. The van der Waals surface area contributed by atoms with Crippen molar-refractivity contribution in [1.29, 1.82) is 0 Å². The second-order valence-corrected chi connectivity index (χ2v) is 4.66. The Bertz CT molecular complexity index is 392. The molecule has 0 bridgehead atoms. The fraction of sp³-hybridized carbons (Fsp3) is 0.538. The number of aliphatic hydroxyl groups excluding tert-OH is 1. The fourth-order valence-corrected chi connectivity index (χ4v) is 1.88. The average Bonchev–Trinajstić information content (AvgIpc) is 2.36. The molecule has 0 spiro atoms. The molecule has 1 heterocycles. The van der Waals surface area contributed by atoms with E-state index in [1.54, 1.807) is 0 Å². The smallest absolute Gasteiger partial charge is 0.161 e. The van der Waals surface area contributed by atoms with Crippen LogP contribution in [-0.2, 0) is 0 Å². The first-order valence-corrected chi connectivity index (χ1v) is 5.93. The van der Waals surface area contributed by atoms with Gasteiger partial charge in [-0.25, -0.2) is 0 Å². The molecule has 1 aromatic rings. The summed E-state index contributed by atoms with van der Waals surface area (Å²) in [7, 11) is 0. The molecule has 2 atom stereocenters. The third-order valence-electron chi connectivity index (χ3n) is 3.00. The monoisotopic (exact) mass is 237 g/mol. The maximum Gasteiger partial charge on any atom is 0.161 e. The van der Waals surface area contributed by atoms with Crippen molar-refractivity contribution in [2.45, 2.75) is 26.0 Å². The van der Waals surface area contributed by atoms with Gasteiger partial charge in [-0.15, -0.1) is 0 Å². The molecule has 0 radical (unpaired) electrons. The molecule has 4 heteroatoms. The topological polar surface area (TPSA) is 64.7 Å². The third-order valence-corrected chi connectivity index (χ3v) is 3.00. The van der Waals surface area contributed by atoms with Crippen molar-refractivity contribution < 1.29 is 14.6 Å². The van der Waals surface area contributed by atoms with Crippen molar-refractivity contribution in [3.05, 3.63) is 23.8 Å². The van der Waals surface area contributed by atoms with Crippen molar-refractivity contribution >= 4 is 0 Å². The summed E-state index contributed by atoms with van der Waals surface area (Å²) in [5.74, 6) is 1.57. The molecule has 0 saturated heterocycles. The second-order valence-electron chi connectivity index (χ2n) is 4.66. The Kier molecular flexibility index (Phi) is 3.54. The quantitative estimate of drug-likeness (QED) is 0.835. The molecule has 0 aromatic heterocycles. The molecule has 94 valence electrons. The van der Waals surface area contributed by atoms with E-state index in [4.69, 9.17) is 15.2 Å². The van der Waals surface area contributed by atoms with Crippen molar-refractivity contribution in [2.75, 3.05) is 13.2 Å². The molecular formula is C13H19NO3. The van der Waals surface area contributed by atoms with Crippen LogP contribution in [0.3, 0.4) is 0 Å². The summed E-state index contributed by atoms with van der Waals surface area (Å²) >= 11 is 0. The summed E-state index contributed by atoms with van der Waals surface area (Å²) in [4.78, 5) is 0. The zero-order valence-electron chi connectivity index (χ0n) is 10.2. The normalized spacial score (nSPS) is 17.9. The highest BCUT2D eigenvalue weighted by Gasteiger charge is 2.22. The van der Waals surface area contributed by atoms with Crippen LogP contribution in [0, 0.1) is 5.92 Å². The van der Waals surface area contributed by atoms with Crippen molar-refractivity contribution in [3.63, 3.8) is 0 Å². The number of ether oxygens (including phenoxy) is 2. The Morgan fingerprint density at radius 1 is 1.18 bits per heavy atom. The summed E-state index contributed by atoms with van der Waals surface area (Å²) in [6, 6.07) is 5.18. The molecule has 1 aliphatic heterocycles. The van der Waals surface area contributed by atoms with E-state index in [-0.39, 0.29) is 5.92 Å². The highest BCUT2D eigenvalue weighted by molar-refractivity contribution is 5.44. The van der Waals surface area contributed by atoms with Crippen LogP contribution in [0.4, 0.5) is 0 Å². The first kappa shape index (κ1) is 12.2. The van der Waals surface area contributed by atoms with E-state index in [2.05, 4.69) is 0 Å². The molecule has 2 rings (SSSR count). The lowest BCUT2D eigenvalue weighted by molar-refractivity contribution is 0.0976. The predicted molar refractivity (Wildman–Crippen MR) is 65.2 cm³/mol. The lowest BCUT2D eigenvalue weighted by atomic mass is 9.94. The van der Waals surface area contributed by atoms with Gasteiger partial charge in [0.2, 0.25) is 0 Å². The van der Waals surface area contributed by atoms with E-state index in [9.17, 15) is 5.11 Å². The molecule has 0 fully saturated rings. The predicted octanol–water partition coefficient (Wildman–Crippen LogP) is 1.47.